The Labute approximate surface area is 173 Å². The van der Waals surface area contributed by atoms with Gasteiger partial charge in [0.1, 0.15) is 5.75 Å². The van der Waals surface area contributed by atoms with Crippen molar-refractivity contribution in [3.05, 3.63) is 65.7 Å². The number of hydrogen-bond donors (Lipinski definition) is 1. The van der Waals surface area contributed by atoms with Crippen LogP contribution in [-0.2, 0) is 21.2 Å². The smallest absolute Gasteiger partial charge is 0.264 e. The zero-order valence-corrected chi connectivity index (χ0v) is 17.1. The average Bonchev–Trinajstić information content (AvgIpc) is 3.24. The number of nitrogens with zero attached hydrogens (tertiary/aromatic N) is 2. The molecule has 0 radical (unpaired) electrons. The van der Waals surface area contributed by atoms with Crippen molar-refractivity contribution in [2.75, 3.05) is 22.8 Å². The van der Waals surface area contributed by atoms with Crippen LogP contribution in [0.3, 0.4) is 0 Å². The van der Waals surface area contributed by atoms with Crippen LogP contribution in [0, 0.1) is 0 Å². The first-order valence-corrected chi connectivity index (χ1v) is 11.4. The van der Waals surface area contributed by atoms with E-state index in [1.807, 2.05) is 18.2 Å². The van der Waals surface area contributed by atoms with Gasteiger partial charge in [0.2, 0.25) is 0 Å². The lowest BCUT2D eigenvalue weighted by Gasteiger charge is -2.29. The average molecular weight is 430 g/mol. The number of amides is 1. The number of aryl methyl sites for hydroxylation is 1. The van der Waals surface area contributed by atoms with E-state index in [1.165, 1.54) is 23.6 Å². The summed E-state index contributed by atoms with van der Waals surface area (Å²) in [5, 5.41) is 2.02. The van der Waals surface area contributed by atoms with Crippen molar-refractivity contribution < 1.29 is 17.9 Å². The van der Waals surface area contributed by atoms with Gasteiger partial charge >= 0.3 is 0 Å². The molecule has 0 aliphatic carbocycles. The third-order valence-corrected chi connectivity index (χ3v) is 6.69. The lowest BCUT2D eigenvalue weighted by Crippen LogP contribution is -2.38. The van der Waals surface area contributed by atoms with Gasteiger partial charge in [-0.05, 0) is 48.7 Å². The predicted octanol–water partition coefficient (Wildman–Crippen LogP) is 3.30. The predicted molar refractivity (Wildman–Crippen MR) is 112 cm³/mol. The summed E-state index contributed by atoms with van der Waals surface area (Å²) >= 11 is 1.21. The molecule has 1 aliphatic heterocycles. The van der Waals surface area contributed by atoms with Crippen LogP contribution in [0.1, 0.15) is 12.0 Å². The molecule has 150 valence electrons. The monoisotopic (exact) mass is 429 g/mol. The van der Waals surface area contributed by atoms with Gasteiger partial charge in [0.25, 0.3) is 15.9 Å². The summed E-state index contributed by atoms with van der Waals surface area (Å²) in [4.78, 5) is 18.5. The largest absolute Gasteiger partial charge is 0.484 e. The van der Waals surface area contributed by atoms with Gasteiger partial charge in [-0.3, -0.25) is 9.52 Å². The van der Waals surface area contributed by atoms with Crippen molar-refractivity contribution in [3.63, 3.8) is 0 Å². The minimum atomic E-state index is -3.73. The van der Waals surface area contributed by atoms with Crippen LogP contribution in [0.25, 0.3) is 0 Å². The Kier molecular flexibility index (Phi) is 5.50. The molecular formula is C20H19N3O4S2. The van der Waals surface area contributed by atoms with Crippen molar-refractivity contribution in [1.82, 2.24) is 4.98 Å². The van der Waals surface area contributed by atoms with E-state index in [4.69, 9.17) is 4.74 Å². The SMILES string of the molecule is O=C(COc1ccccc1)N1CCCc2cc(S(=O)(=O)Nc3nccs3)ccc21. The number of anilines is 2. The Morgan fingerprint density at radius 1 is 1.21 bits per heavy atom. The molecule has 1 N–H and O–H groups in total. The van der Waals surface area contributed by atoms with Crippen molar-refractivity contribution in [3.8, 4) is 5.75 Å². The molecular weight excluding hydrogens is 410 g/mol. The molecule has 2 heterocycles. The standard InChI is InChI=1S/C20H19N3O4S2/c24-19(14-27-16-6-2-1-3-7-16)23-11-4-5-15-13-17(8-9-18(15)23)29(25,26)22-20-21-10-12-28-20/h1-3,6-10,12-13H,4-5,11,14H2,(H,21,22). The number of nitrogens with one attached hydrogen (secondary N) is 1. The molecule has 9 heteroatoms. The number of sulfonamides is 1. The number of carbonyl (C=O) groups excluding carboxylic acids is 1. The fourth-order valence-electron chi connectivity index (χ4n) is 3.19. The van der Waals surface area contributed by atoms with Crippen LogP contribution in [-0.4, -0.2) is 32.5 Å². The highest BCUT2D eigenvalue weighted by Crippen LogP contribution is 2.30. The van der Waals surface area contributed by atoms with E-state index >= 15 is 0 Å². The van der Waals surface area contributed by atoms with Gasteiger partial charge < -0.3 is 9.64 Å². The number of para-hydroxylation sites is 1. The zero-order chi connectivity index (χ0) is 20.3. The highest BCUT2D eigenvalue weighted by molar-refractivity contribution is 7.93. The van der Waals surface area contributed by atoms with Crippen molar-refractivity contribution >= 4 is 38.1 Å². The van der Waals surface area contributed by atoms with Gasteiger partial charge in [-0.1, -0.05) is 18.2 Å². The second-order valence-electron chi connectivity index (χ2n) is 6.48. The molecule has 4 rings (SSSR count). The first-order chi connectivity index (χ1) is 14.0. The molecule has 0 spiro atoms. The van der Waals surface area contributed by atoms with Crippen molar-refractivity contribution in [1.29, 1.82) is 0 Å². The van der Waals surface area contributed by atoms with Gasteiger partial charge in [0, 0.05) is 23.8 Å². The molecule has 0 saturated carbocycles. The third kappa shape index (κ3) is 4.41. The molecule has 1 amide bonds. The van der Waals surface area contributed by atoms with Crippen LogP contribution in [0.2, 0.25) is 0 Å². The van der Waals surface area contributed by atoms with Crippen LogP contribution in [0.4, 0.5) is 10.8 Å². The van der Waals surface area contributed by atoms with Crippen molar-refractivity contribution in [2.24, 2.45) is 0 Å². The van der Waals surface area contributed by atoms with Gasteiger partial charge in [-0.2, -0.15) is 0 Å². The number of carbonyl (C=O) groups is 1. The maximum absolute atomic E-state index is 12.7. The highest BCUT2D eigenvalue weighted by atomic mass is 32.2. The Balaban J connectivity index is 1.51. The van der Waals surface area contributed by atoms with Gasteiger partial charge in [-0.25, -0.2) is 13.4 Å². The number of thiazole rings is 1. The van der Waals surface area contributed by atoms with Crippen molar-refractivity contribution in [2.45, 2.75) is 17.7 Å². The van der Waals surface area contributed by atoms with E-state index in [2.05, 4.69) is 9.71 Å². The number of aromatic nitrogens is 1. The van der Waals surface area contributed by atoms with E-state index in [0.29, 0.717) is 23.8 Å². The molecule has 29 heavy (non-hydrogen) atoms. The Bertz CT molecular complexity index is 1100. The molecule has 0 fully saturated rings. The lowest BCUT2D eigenvalue weighted by atomic mass is 10.0. The molecule has 2 aromatic carbocycles. The number of rotatable bonds is 6. The number of ether oxygens (including phenoxy) is 1. The summed E-state index contributed by atoms with van der Waals surface area (Å²) in [5.41, 5.74) is 1.55. The minimum Gasteiger partial charge on any atom is -0.484 e. The first kappa shape index (κ1) is 19.4. The van der Waals surface area contributed by atoms with E-state index in [9.17, 15) is 13.2 Å². The van der Waals surface area contributed by atoms with Crippen LogP contribution >= 0.6 is 11.3 Å². The minimum absolute atomic E-state index is 0.0743. The zero-order valence-electron chi connectivity index (χ0n) is 15.4. The normalized spacial score (nSPS) is 13.6. The summed E-state index contributed by atoms with van der Waals surface area (Å²) in [6.07, 6.45) is 3.00. The molecule has 0 bridgehead atoms. The number of benzene rings is 2. The van der Waals surface area contributed by atoms with E-state index < -0.39 is 10.0 Å². The molecule has 1 aromatic heterocycles. The summed E-state index contributed by atoms with van der Waals surface area (Å²) in [6.45, 7) is 0.503. The van der Waals surface area contributed by atoms with E-state index in [0.717, 1.165) is 17.7 Å². The molecule has 0 unspecified atom stereocenters. The van der Waals surface area contributed by atoms with E-state index in [1.54, 1.807) is 34.5 Å². The first-order valence-electron chi connectivity index (χ1n) is 9.06. The van der Waals surface area contributed by atoms with Crippen LogP contribution in [0.15, 0.2) is 65.0 Å². The van der Waals surface area contributed by atoms with E-state index in [-0.39, 0.29) is 17.4 Å². The summed E-state index contributed by atoms with van der Waals surface area (Å²) in [7, 11) is -3.73. The number of fused-ring (bicyclic) bond motifs is 1. The van der Waals surface area contributed by atoms with Gasteiger partial charge in [0.15, 0.2) is 11.7 Å². The fourth-order valence-corrected chi connectivity index (χ4v) is 5.03. The fraction of sp³-hybridized carbons (Fsp3) is 0.200. The number of hydrogen-bond acceptors (Lipinski definition) is 6. The second-order valence-corrected chi connectivity index (χ2v) is 9.06. The maximum Gasteiger partial charge on any atom is 0.264 e. The van der Waals surface area contributed by atoms with Crippen LogP contribution in [0.5, 0.6) is 5.75 Å². The molecule has 0 atom stereocenters. The molecule has 3 aromatic rings. The second kappa shape index (κ2) is 8.22. The lowest BCUT2D eigenvalue weighted by molar-refractivity contribution is -0.120. The maximum atomic E-state index is 12.7. The highest BCUT2D eigenvalue weighted by Gasteiger charge is 2.25. The van der Waals surface area contributed by atoms with Gasteiger partial charge in [0.05, 0.1) is 4.90 Å². The molecule has 0 saturated heterocycles. The van der Waals surface area contributed by atoms with Crippen LogP contribution < -0.4 is 14.4 Å². The Morgan fingerprint density at radius 2 is 2.03 bits per heavy atom. The summed E-state index contributed by atoms with van der Waals surface area (Å²) in [5.74, 6) is 0.471. The topological polar surface area (TPSA) is 88.6 Å². The third-order valence-electron chi connectivity index (χ3n) is 4.54. The molecule has 7 nitrogen and oxygen atoms in total. The molecule has 1 aliphatic rings. The van der Waals surface area contributed by atoms with Gasteiger partial charge in [-0.15, -0.1) is 11.3 Å². The Morgan fingerprint density at radius 3 is 2.79 bits per heavy atom. The summed E-state index contributed by atoms with van der Waals surface area (Å²) < 4.78 is 33.3. The summed E-state index contributed by atoms with van der Waals surface area (Å²) in [6, 6.07) is 14.0. The Hall–Kier alpha value is -2.91. The quantitative estimate of drug-likeness (QED) is 0.650.